The second-order valence-electron chi connectivity index (χ2n) is 4.15. The van der Waals surface area contributed by atoms with Crippen LogP contribution < -0.4 is 19.9 Å². The molecule has 0 fully saturated rings. The summed E-state index contributed by atoms with van der Waals surface area (Å²) in [6, 6.07) is 8.58. The van der Waals surface area contributed by atoms with Crippen molar-refractivity contribution in [2.24, 2.45) is 0 Å². The molecule has 0 aliphatic rings. The van der Waals surface area contributed by atoms with Gasteiger partial charge in [0.05, 0.1) is 31.5 Å². The predicted molar refractivity (Wildman–Crippen MR) is 77.2 cm³/mol. The van der Waals surface area contributed by atoms with E-state index in [1.54, 1.807) is 44.7 Å². The summed E-state index contributed by atoms with van der Waals surface area (Å²) in [4.78, 5) is 4.21. The van der Waals surface area contributed by atoms with Gasteiger partial charge in [-0.1, -0.05) is 0 Å². The van der Waals surface area contributed by atoms with Crippen LogP contribution in [0.2, 0.25) is 0 Å². The molecule has 0 spiro atoms. The highest BCUT2D eigenvalue weighted by molar-refractivity contribution is 5.56. The summed E-state index contributed by atoms with van der Waals surface area (Å²) in [5.74, 6) is 1.59. The molecule has 0 aliphatic carbocycles. The minimum absolute atomic E-state index is 0.177. The SMILES string of the molecule is COc1ccnc(COc2ccc(C#N)cc2N)c1OC. The van der Waals surface area contributed by atoms with Gasteiger partial charge in [-0.05, 0) is 18.2 Å². The normalized spacial score (nSPS) is 9.76. The number of methoxy groups -OCH3 is 2. The number of ether oxygens (including phenoxy) is 3. The van der Waals surface area contributed by atoms with Crippen molar-refractivity contribution >= 4 is 5.69 Å². The van der Waals surface area contributed by atoms with E-state index in [9.17, 15) is 0 Å². The number of pyridine rings is 1. The molecule has 0 saturated carbocycles. The number of hydrogen-bond donors (Lipinski definition) is 1. The van der Waals surface area contributed by atoms with Crippen molar-refractivity contribution in [3.63, 3.8) is 0 Å². The van der Waals surface area contributed by atoms with Gasteiger partial charge in [-0.25, -0.2) is 0 Å². The first-order valence-electron chi connectivity index (χ1n) is 6.18. The molecule has 0 unspecified atom stereocenters. The van der Waals surface area contributed by atoms with Crippen LogP contribution in [-0.4, -0.2) is 19.2 Å². The van der Waals surface area contributed by atoms with E-state index in [1.165, 1.54) is 0 Å². The number of hydrogen-bond acceptors (Lipinski definition) is 6. The number of aromatic nitrogens is 1. The van der Waals surface area contributed by atoms with Crippen molar-refractivity contribution < 1.29 is 14.2 Å². The topological polar surface area (TPSA) is 90.4 Å². The lowest BCUT2D eigenvalue weighted by Gasteiger charge is -2.13. The van der Waals surface area contributed by atoms with Crippen molar-refractivity contribution in [3.8, 4) is 23.3 Å². The standard InChI is InChI=1S/C15H15N3O3/c1-19-14-5-6-18-12(15(14)20-2)9-21-13-4-3-10(8-16)7-11(13)17/h3-7H,9,17H2,1-2H3. The van der Waals surface area contributed by atoms with Gasteiger partial charge in [0.1, 0.15) is 18.1 Å². The summed E-state index contributed by atoms with van der Waals surface area (Å²) in [6.45, 7) is 0.177. The largest absolute Gasteiger partial charge is 0.493 e. The van der Waals surface area contributed by atoms with Crippen LogP contribution in [0.5, 0.6) is 17.2 Å². The highest BCUT2D eigenvalue weighted by atomic mass is 16.5. The minimum atomic E-state index is 0.177. The average Bonchev–Trinajstić information content (AvgIpc) is 2.52. The van der Waals surface area contributed by atoms with Crippen LogP contribution in [0, 0.1) is 11.3 Å². The molecule has 0 saturated heterocycles. The van der Waals surface area contributed by atoms with Gasteiger partial charge in [0, 0.05) is 12.3 Å². The fourth-order valence-corrected chi connectivity index (χ4v) is 1.85. The van der Waals surface area contributed by atoms with Gasteiger partial charge in [0.2, 0.25) is 0 Å². The molecule has 2 rings (SSSR count). The van der Waals surface area contributed by atoms with Crippen molar-refractivity contribution in [1.82, 2.24) is 4.98 Å². The van der Waals surface area contributed by atoms with Gasteiger partial charge in [0.25, 0.3) is 0 Å². The fraction of sp³-hybridized carbons (Fsp3) is 0.200. The average molecular weight is 285 g/mol. The van der Waals surface area contributed by atoms with Crippen LogP contribution in [0.15, 0.2) is 30.5 Å². The van der Waals surface area contributed by atoms with E-state index in [-0.39, 0.29) is 6.61 Å². The van der Waals surface area contributed by atoms with Gasteiger partial charge in [0.15, 0.2) is 11.5 Å². The smallest absolute Gasteiger partial charge is 0.185 e. The monoisotopic (exact) mass is 285 g/mol. The number of nitrogen functional groups attached to an aromatic ring is 1. The lowest BCUT2D eigenvalue weighted by atomic mass is 10.2. The fourth-order valence-electron chi connectivity index (χ4n) is 1.85. The number of anilines is 1. The molecule has 6 heteroatoms. The second-order valence-corrected chi connectivity index (χ2v) is 4.15. The van der Waals surface area contributed by atoms with Crippen molar-refractivity contribution in [2.75, 3.05) is 20.0 Å². The highest BCUT2D eigenvalue weighted by Crippen LogP contribution is 2.30. The molecule has 108 valence electrons. The molecular weight excluding hydrogens is 270 g/mol. The van der Waals surface area contributed by atoms with Gasteiger partial charge >= 0.3 is 0 Å². The maximum Gasteiger partial charge on any atom is 0.185 e. The third-order valence-corrected chi connectivity index (χ3v) is 2.87. The Kier molecular flexibility index (Phi) is 4.46. The molecule has 2 N–H and O–H groups in total. The lowest BCUT2D eigenvalue weighted by Crippen LogP contribution is -2.04. The van der Waals surface area contributed by atoms with Crippen LogP contribution >= 0.6 is 0 Å². The molecule has 0 atom stereocenters. The molecule has 0 radical (unpaired) electrons. The van der Waals surface area contributed by atoms with Gasteiger partial charge in [-0.2, -0.15) is 5.26 Å². The zero-order chi connectivity index (χ0) is 15.2. The number of nitrogens with two attached hydrogens (primary N) is 1. The number of nitriles is 1. The molecule has 21 heavy (non-hydrogen) atoms. The number of rotatable bonds is 5. The highest BCUT2D eigenvalue weighted by Gasteiger charge is 2.12. The van der Waals surface area contributed by atoms with E-state index >= 15 is 0 Å². The first-order chi connectivity index (χ1) is 10.2. The van der Waals surface area contributed by atoms with Crippen LogP contribution in [0.3, 0.4) is 0 Å². The number of benzene rings is 1. The Morgan fingerprint density at radius 1 is 1.19 bits per heavy atom. The van der Waals surface area contributed by atoms with E-state index in [0.717, 1.165) is 0 Å². The third-order valence-electron chi connectivity index (χ3n) is 2.87. The summed E-state index contributed by atoms with van der Waals surface area (Å²) in [6.07, 6.45) is 1.61. The van der Waals surface area contributed by atoms with Gasteiger partial charge in [-0.3, -0.25) is 4.98 Å². The third kappa shape index (κ3) is 3.15. The van der Waals surface area contributed by atoms with Gasteiger partial charge in [-0.15, -0.1) is 0 Å². The lowest BCUT2D eigenvalue weighted by molar-refractivity contribution is 0.286. The molecule has 0 bridgehead atoms. The summed E-state index contributed by atoms with van der Waals surface area (Å²) in [7, 11) is 3.10. The Morgan fingerprint density at radius 2 is 2.00 bits per heavy atom. The van der Waals surface area contributed by atoms with E-state index in [2.05, 4.69) is 4.98 Å². The van der Waals surface area contributed by atoms with Crippen molar-refractivity contribution in [2.45, 2.75) is 6.61 Å². The molecule has 1 aromatic heterocycles. The van der Waals surface area contributed by atoms with Crippen LogP contribution in [0.4, 0.5) is 5.69 Å². The first kappa shape index (κ1) is 14.5. The molecule has 0 aliphatic heterocycles. The predicted octanol–water partition coefficient (Wildman–Crippen LogP) is 2.13. The molecule has 2 aromatic rings. The summed E-state index contributed by atoms with van der Waals surface area (Å²) >= 11 is 0. The minimum Gasteiger partial charge on any atom is -0.493 e. The molecular formula is C15H15N3O3. The van der Waals surface area contributed by atoms with Crippen LogP contribution in [-0.2, 0) is 6.61 Å². The Labute approximate surface area is 122 Å². The maximum absolute atomic E-state index is 8.80. The quantitative estimate of drug-likeness (QED) is 0.846. The van der Waals surface area contributed by atoms with Crippen molar-refractivity contribution in [1.29, 1.82) is 5.26 Å². The molecule has 1 heterocycles. The Hall–Kier alpha value is -2.94. The Balaban J connectivity index is 2.19. The van der Waals surface area contributed by atoms with Crippen molar-refractivity contribution in [3.05, 3.63) is 41.7 Å². The summed E-state index contributed by atoms with van der Waals surface area (Å²) in [5, 5.41) is 8.80. The van der Waals surface area contributed by atoms with E-state index in [4.69, 9.17) is 25.2 Å². The van der Waals surface area contributed by atoms with Crippen LogP contribution in [0.25, 0.3) is 0 Å². The molecule has 1 aromatic carbocycles. The van der Waals surface area contributed by atoms with Crippen LogP contribution in [0.1, 0.15) is 11.3 Å². The molecule has 6 nitrogen and oxygen atoms in total. The van der Waals surface area contributed by atoms with E-state index in [1.807, 2.05) is 6.07 Å². The maximum atomic E-state index is 8.80. The number of nitrogens with zero attached hydrogens (tertiary/aromatic N) is 2. The van der Waals surface area contributed by atoms with Gasteiger partial charge < -0.3 is 19.9 Å². The molecule has 0 amide bonds. The first-order valence-corrected chi connectivity index (χ1v) is 6.18. The van der Waals surface area contributed by atoms with E-state index in [0.29, 0.717) is 34.2 Å². The Bertz CT molecular complexity index is 680. The zero-order valence-electron chi connectivity index (χ0n) is 11.8. The van der Waals surface area contributed by atoms with E-state index < -0.39 is 0 Å². The summed E-state index contributed by atoms with van der Waals surface area (Å²) < 4.78 is 16.1. The summed E-state index contributed by atoms with van der Waals surface area (Å²) in [5.41, 5.74) is 7.32. The Morgan fingerprint density at radius 3 is 2.62 bits per heavy atom. The second kappa shape index (κ2) is 6.48. The zero-order valence-corrected chi connectivity index (χ0v) is 11.8.